The van der Waals surface area contributed by atoms with E-state index < -0.39 is 23.2 Å². The first kappa shape index (κ1) is 15.4. The first-order valence-electron chi connectivity index (χ1n) is 6.99. The van der Waals surface area contributed by atoms with Gasteiger partial charge in [0.1, 0.15) is 5.60 Å². The van der Waals surface area contributed by atoms with Gasteiger partial charge in [-0.1, -0.05) is 23.8 Å². The lowest BCUT2D eigenvalue weighted by Crippen LogP contribution is -2.51. The van der Waals surface area contributed by atoms with E-state index in [1.807, 2.05) is 25.1 Å². The number of nitrogens with one attached hydrogen (secondary N) is 1. The third-order valence-corrected chi connectivity index (χ3v) is 3.57. The van der Waals surface area contributed by atoms with E-state index in [1.165, 1.54) is 0 Å². The number of amides is 1. The molecule has 0 spiro atoms. The molecule has 0 heterocycles. The molecule has 1 atom stereocenters. The molecule has 0 saturated carbocycles. The molecule has 5 heteroatoms. The van der Waals surface area contributed by atoms with E-state index in [-0.39, 0.29) is 0 Å². The molecule has 21 heavy (non-hydrogen) atoms. The summed E-state index contributed by atoms with van der Waals surface area (Å²) in [5.74, 6) is -1.06. The maximum absolute atomic E-state index is 12.0. The normalized spacial score (nSPS) is 20.8. The van der Waals surface area contributed by atoms with Crippen LogP contribution in [0.3, 0.4) is 0 Å². The van der Waals surface area contributed by atoms with Crippen LogP contribution in [0.1, 0.15) is 43.9 Å². The van der Waals surface area contributed by atoms with Crippen LogP contribution in [0.4, 0.5) is 4.79 Å². The summed E-state index contributed by atoms with van der Waals surface area (Å²) < 4.78 is 5.21. The third kappa shape index (κ3) is 3.01. The van der Waals surface area contributed by atoms with Crippen LogP contribution in [0.25, 0.3) is 0 Å². The molecule has 0 aliphatic heterocycles. The van der Waals surface area contributed by atoms with E-state index in [4.69, 9.17) is 4.74 Å². The highest BCUT2D eigenvalue weighted by Gasteiger charge is 2.47. The zero-order valence-electron chi connectivity index (χ0n) is 12.8. The number of fused-ring (bicyclic) bond motifs is 1. The molecule has 0 saturated heterocycles. The van der Waals surface area contributed by atoms with Crippen molar-refractivity contribution in [1.29, 1.82) is 0 Å². The Morgan fingerprint density at radius 1 is 1.33 bits per heavy atom. The number of hydrogen-bond donors (Lipinski definition) is 2. The first-order valence-corrected chi connectivity index (χ1v) is 6.99. The number of carbonyl (C=O) groups excluding carboxylic acids is 1. The molecule has 1 unspecified atom stereocenters. The third-order valence-electron chi connectivity index (χ3n) is 3.57. The molecule has 5 nitrogen and oxygen atoms in total. The van der Waals surface area contributed by atoms with Gasteiger partial charge < -0.3 is 15.2 Å². The van der Waals surface area contributed by atoms with E-state index in [9.17, 15) is 14.7 Å². The number of hydrogen-bond acceptors (Lipinski definition) is 3. The van der Waals surface area contributed by atoms with Gasteiger partial charge in [0.15, 0.2) is 5.54 Å². The Hall–Kier alpha value is -2.04. The SMILES string of the molecule is Cc1ccc2c(c1)C(NC(=O)OC(C)(C)C)(C(=O)O)CC2. The fourth-order valence-electron chi connectivity index (χ4n) is 2.65. The summed E-state index contributed by atoms with van der Waals surface area (Å²) in [6.45, 7) is 7.13. The highest BCUT2D eigenvalue weighted by Crippen LogP contribution is 2.38. The largest absolute Gasteiger partial charge is 0.479 e. The molecule has 1 amide bonds. The number of aliphatic carboxylic acids is 1. The van der Waals surface area contributed by atoms with Crippen molar-refractivity contribution < 1.29 is 19.4 Å². The van der Waals surface area contributed by atoms with Crippen molar-refractivity contribution in [1.82, 2.24) is 5.32 Å². The van der Waals surface area contributed by atoms with Crippen LogP contribution in [0, 0.1) is 6.92 Å². The Balaban J connectivity index is 2.35. The minimum absolute atomic E-state index is 0.334. The predicted molar refractivity (Wildman–Crippen MR) is 78.2 cm³/mol. The quantitative estimate of drug-likeness (QED) is 0.878. The van der Waals surface area contributed by atoms with Gasteiger partial charge in [0.25, 0.3) is 0 Å². The number of rotatable bonds is 2. The Morgan fingerprint density at radius 2 is 2.00 bits per heavy atom. The molecule has 0 fully saturated rings. The highest BCUT2D eigenvalue weighted by atomic mass is 16.6. The van der Waals surface area contributed by atoms with Crippen LogP contribution in [0.5, 0.6) is 0 Å². The summed E-state index contributed by atoms with van der Waals surface area (Å²) in [5.41, 5.74) is 0.508. The van der Waals surface area contributed by atoms with Crippen LogP contribution in [-0.2, 0) is 21.5 Å². The van der Waals surface area contributed by atoms with Gasteiger partial charge in [-0.3, -0.25) is 0 Å². The van der Waals surface area contributed by atoms with Crippen LogP contribution in [-0.4, -0.2) is 22.8 Å². The molecule has 1 aliphatic carbocycles. The number of aryl methyl sites for hydroxylation is 2. The molecule has 1 aliphatic rings. The van der Waals surface area contributed by atoms with Gasteiger partial charge in [-0.15, -0.1) is 0 Å². The second kappa shape index (κ2) is 5.06. The minimum atomic E-state index is -1.40. The fraction of sp³-hybridized carbons (Fsp3) is 0.500. The van der Waals surface area contributed by atoms with Crippen molar-refractivity contribution in [3.8, 4) is 0 Å². The van der Waals surface area contributed by atoms with Crippen LogP contribution >= 0.6 is 0 Å². The number of carbonyl (C=O) groups is 2. The number of benzene rings is 1. The van der Waals surface area contributed by atoms with Gasteiger partial charge in [0, 0.05) is 0 Å². The van der Waals surface area contributed by atoms with Crippen LogP contribution in [0.2, 0.25) is 0 Å². The summed E-state index contributed by atoms with van der Waals surface area (Å²) >= 11 is 0. The van der Waals surface area contributed by atoms with Crippen molar-refractivity contribution >= 4 is 12.1 Å². The first-order chi connectivity index (χ1) is 9.64. The predicted octanol–water partition coefficient (Wildman–Crippen LogP) is 2.75. The summed E-state index contributed by atoms with van der Waals surface area (Å²) in [6, 6.07) is 5.70. The Bertz CT molecular complexity index is 588. The van der Waals surface area contributed by atoms with Crippen molar-refractivity contribution in [2.24, 2.45) is 0 Å². The average Bonchev–Trinajstić information content (AvgIpc) is 2.66. The zero-order valence-corrected chi connectivity index (χ0v) is 12.8. The summed E-state index contributed by atoms with van der Waals surface area (Å²) in [7, 11) is 0. The van der Waals surface area contributed by atoms with E-state index in [1.54, 1.807) is 20.8 Å². The lowest BCUT2D eigenvalue weighted by Gasteiger charge is -2.29. The van der Waals surface area contributed by atoms with Crippen LogP contribution in [0.15, 0.2) is 18.2 Å². The zero-order chi connectivity index (χ0) is 15.8. The summed E-state index contributed by atoms with van der Waals surface area (Å²) in [6.07, 6.45) is 0.247. The molecule has 0 radical (unpaired) electrons. The van der Waals surface area contributed by atoms with Crippen molar-refractivity contribution in [2.75, 3.05) is 0 Å². The average molecular weight is 291 g/mol. The molecule has 1 aromatic rings. The maximum atomic E-state index is 12.0. The second-order valence-corrected chi connectivity index (χ2v) is 6.50. The van der Waals surface area contributed by atoms with Gasteiger partial charge in [0.2, 0.25) is 0 Å². The molecular weight excluding hydrogens is 270 g/mol. The van der Waals surface area contributed by atoms with E-state index in [2.05, 4.69) is 5.32 Å². The van der Waals surface area contributed by atoms with Gasteiger partial charge in [-0.25, -0.2) is 9.59 Å². The minimum Gasteiger partial charge on any atom is -0.479 e. The Labute approximate surface area is 124 Å². The topological polar surface area (TPSA) is 75.6 Å². The number of carboxylic acid groups (broad SMARTS) is 1. The number of ether oxygens (including phenoxy) is 1. The van der Waals surface area contributed by atoms with E-state index in [0.29, 0.717) is 18.4 Å². The lowest BCUT2D eigenvalue weighted by molar-refractivity contribution is -0.145. The van der Waals surface area contributed by atoms with E-state index in [0.717, 1.165) is 11.1 Å². The molecule has 2 rings (SSSR count). The maximum Gasteiger partial charge on any atom is 0.408 e. The van der Waals surface area contributed by atoms with Gasteiger partial charge in [-0.05, 0) is 51.7 Å². The molecule has 2 N–H and O–H groups in total. The summed E-state index contributed by atoms with van der Waals surface area (Å²) in [5, 5.41) is 12.2. The van der Waals surface area contributed by atoms with E-state index >= 15 is 0 Å². The molecule has 114 valence electrons. The fourth-order valence-corrected chi connectivity index (χ4v) is 2.65. The van der Waals surface area contributed by atoms with Crippen molar-refractivity contribution in [2.45, 2.75) is 51.7 Å². The Morgan fingerprint density at radius 3 is 2.57 bits per heavy atom. The lowest BCUT2D eigenvalue weighted by atomic mass is 9.91. The smallest absolute Gasteiger partial charge is 0.408 e. The van der Waals surface area contributed by atoms with Crippen LogP contribution < -0.4 is 5.32 Å². The molecule has 0 bridgehead atoms. The Kier molecular flexibility index (Phi) is 3.70. The van der Waals surface area contributed by atoms with Gasteiger partial charge >= 0.3 is 12.1 Å². The molecular formula is C16H21NO4. The van der Waals surface area contributed by atoms with Gasteiger partial charge in [0.05, 0.1) is 0 Å². The summed E-state index contributed by atoms with van der Waals surface area (Å²) in [4.78, 5) is 23.9. The molecule has 0 aromatic heterocycles. The van der Waals surface area contributed by atoms with Crippen molar-refractivity contribution in [3.63, 3.8) is 0 Å². The second-order valence-electron chi connectivity index (χ2n) is 6.50. The monoisotopic (exact) mass is 291 g/mol. The molecule has 1 aromatic carbocycles. The number of alkyl carbamates (subject to hydrolysis) is 1. The van der Waals surface area contributed by atoms with Gasteiger partial charge in [-0.2, -0.15) is 0 Å². The number of carboxylic acids is 1. The van der Waals surface area contributed by atoms with Crippen molar-refractivity contribution in [3.05, 3.63) is 34.9 Å². The standard InChI is InChI=1S/C16H21NO4/c1-10-5-6-11-7-8-16(13(18)19,12(11)9-10)17-14(20)21-15(2,3)4/h5-6,9H,7-8H2,1-4H3,(H,17,20)(H,18,19). The highest BCUT2D eigenvalue weighted by molar-refractivity contribution is 5.87.